The van der Waals surface area contributed by atoms with Gasteiger partial charge in [-0.1, -0.05) is 12.1 Å². The van der Waals surface area contributed by atoms with Gasteiger partial charge in [0.2, 0.25) is 0 Å². The molecule has 0 saturated heterocycles. The highest BCUT2D eigenvalue weighted by Crippen LogP contribution is 2.16. The predicted octanol–water partition coefficient (Wildman–Crippen LogP) is 3.44. The summed E-state index contributed by atoms with van der Waals surface area (Å²) in [5.74, 6) is -0.193. The maximum atomic E-state index is 13.1. The molecule has 0 bridgehead atoms. The number of hydrogen-bond acceptors (Lipinski definition) is 3. The van der Waals surface area contributed by atoms with E-state index in [-0.39, 0.29) is 11.9 Å². The third-order valence-corrected chi connectivity index (χ3v) is 3.49. The van der Waals surface area contributed by atoms with Crippen LogP contribution in [0.3, 0.4) is 0 Å². The van der Waals surface area contributed by atoms with Gasteiger partial charge in [0.1, 0.15) is 10.8 Å². The molecule has 1 unspecified atom stereocenters. The van der Waals surface area contributed by atoms with Gasteiger partial charge in [-0.05, 0) is 31.5 Å². The Morgan fingerprint density at radius 3 is 2.94 bits per heavy atom. The van der Waals surface area contributed by atoms with Crippen molar-refractivity contribution in [1.82, 2.24) is 10.3 Å². The zero-order valence-corrected chi connectivity index (χ0v) is 10.7. The van der Waals surface area contributed by atoms with E-state index in [0.29, 0.717) is 0 Å². The van der Waals surface area contributed by atoms with E-state index in [1.165, 1.54) is 10.9 Å². The van der Waals surface area contributed by atoms with Crippen LogP contribution in [-0.2, 0) is 6.54 Å². The molecule has 1 N–H and O–H groups in total. The lowest BCUT2D eigenvalue weighted by Gasteiger charge is -2.13. The Kier molecular flexibility index (Phi) is 3.86. The second-order valence-corrected chi connectivity index (χ2v) is 5.34. The molecule has 17 heavy (non-hydrogen) atoms. The molecule has 2 nitrogen and oxygen atoms in total. The third-order valence-electron chi connectivity index (χ3n) is 2.58. The Balaban J connectivity index is 1.95. The number of nitrogens with zero attached hydrogens (tertiary/aromatic N) is 1. The minimum Gasteiger partial charge on any atom is -0.304 e. The minimum absolute atomic E-state index is 0.120. The van der Waals surface area contributed by atoms with Gasteiger partial charge in [0.05, 0.1) is 0 Å². The molecule has 2 rings (SSSR count). The van der Waals surface area contributed by atoms with Crippen molar-refractivity contribution in [1.29, 1.82) is 0 Å². The normalized spacial score (nSPS) is 12.6. The van der Waals surface area contributed by atoms with Crippen molar-refractivity contribution in [2.75, 3.05) is 0 Å². The van der Waals surface area contributed by atoms with Crippen LogP contribution in [0.2, 0.25) is 0 Å². The largest absolute Gasteiger partial charge is 0.304 e. The van der Waals surface area contributed by atoms with E-state index in [9.17, 15) is 4.39 Å². The SMILES string of the molecule is Cc1cnc(CNC(C)c2cccc(F)c2)s1. The van der Waals surface area contributed by atoms with Crippen LogP contribution in [0.1, 0.15) is 28.4 Å². The fraction of sp³-hybridized carbons (Fsp3) is 0.308. The van der Waals surface area contributed by atoms with Gasteiger partial charge in [0.25, 0.3) is 0 Å². The van der Waals surface area contributed by atoms with Gasteiger partial charge in [-0.2, -0.15) is 0 Å². The van der Waals surface area contributed by atoms with Crippen molar-refractivity contribution in [3.8, 4) is 0 Å². The van der Waals surface area contributed by atoms with E-state index in [1.54, 1.807) is 23.5 Å². The van der Waals surface area contributed by atoms with E-state index in [2.05, 4.69) is 10.3 Å². The molecule has 1 atom stereocenters. The molecule has 90 valence electrons. The zero-order valence-electron chi connectivity index (χ0n) is 9.90. The molecule has 0 saturated carbocycles. The molecule has 0 aliphatic heterocycles. The van der Waals surface area contributed by atoms with E-state index < -0.39 is 0 Å². The molecule has 0 fully saturated rings. The van der Waals surface area contributed by atoms with Crippen LogP contribution in [0.5, 0.6) is 0 Å². The molecular weight excluding hydrogens is 235 g/mol. The van der Waals surface area contributed by atoms with Crippen LogP contribution in [0.25, 0.3) is 0 Å². The fourth-order valence-electron chi connectivity index (χ4n) is 1.62. The summed E-state index contributed by atoms with van der Waals surface area (Å²) in [7, 11) is 0. The molecule has 0 spiro atoms. The summed E-state index contributed by atoms with van der Waals surface area (Å²) in [5.41, 5.74) is 0.957. The Bertz CT molecular complexity index is 496. The fourth-order valence-corrected chi connectivity index (χ4v) is 2.36. The average Bonchev–Trinajstić information content (AvgIpc) is 2.72. The van der Waals surface area contributed by atoms with Crippen molar-refractivity contribution < 1.29 is 4.39 Å². The van der Waals surface area contributed by atoms with Gasteiger partial charge in [0, 0.05) is 23.7 Å². The maximum absolute atomic E-state index is 13.1. The number of halogens is 1. The molecule has 4 heteroatoms. The highest BCUT2D eigenvalue weighted by molar-refractivity contribution is 7.11. The molecule has 0 aliphatic carbocycles. The predicted molar refractivity (Wildman–Crippen MR) is 68.5 cm³/mol. The zero-order chi connectivity index (χ0) is 12.3. The lowest BCUT2D eigenvalue weighted by atomic mass is 10.1. The van der Waals surface area contributed by atoms with Crippen molar-refractivity contribution in [2.45, 2.75) is 26.4 Å². The Morgan fingerprint density at radius 2 is 2.29 bits per heavy atom. The monoisotopic (exact) mass is 250 g/mol. The topological polar surface area (TPSA) is 24.9 Å². The Morgan fingerprint density at radius 1 is 1.47 bits per heavy atom. The second kappa shape index (κ2) is 5.38. The first-order valence-corrected chi connectivity index (χ1v) is 6.37. The first-order valence-electron chi connectivity index (χ1n) is 5.55. The molecular formula is C13H15FN2S. The molecule has 0 aliphatic rings. The van der Waals surface area contributed by atoms with Gasteiger partial charge in [0.15, 0.2) is 0 Å². The number of hydrogen-bond donors (Lipinski definition) is 1. The minimum atomic E-state index is -0.193. The van der Waals surface area contributed by atoms with Crippen LogP contribution in [0.4, 0.5) is 4.39 Å². The van der Waals surface area contributed by atoms with E-state index in [1.807, 2.05) is 26.1 Å². The van der Waals surface area contributed by atoms with Gasteiger partial charge in [-0.15, -0.1) is 11.3 Å². The van der Waals surface area contributed by atoms with Crippen LogP contribution in [-0.4, -0.2) is 4.98 Å². The number of nitrogens with one attached hydrogen (secondary N) is 1. The first kappa shape index (κ1) is 12.2. The first-order chi connectivity index (χ1) is 8.15. The number of aromatic nitrogens is 1. The summed E-state index contributed by atoms with van der Waals surface area (Å²) in [6.45, 7) is 4.78. The van der Waals surface area contributed by atoms with E-state index in [0.717, 1.165) is 17.1 Å². The van der Waals surface area contributed by atoms with Crippen molar-refractivity contribution >= 4 is 11.3 Å². The molecule has 1 aromatic heterocycles. The van der Waals surface area contributed by atoms with Crippen LogP contribution in [0, 0.1) is 12.7 Å². The van der Waals surface area contributed by atoms with Gasteiger partial charge in [-0.3, -0.25) is 0 Å². The Labute approximate surface area is 105 Å². The average molecular weight is 250 g/mol. The number of benzene rings is 1. The third kappa shape index (κ3) is 3.35. The highest BCUT2D eigenvalue weighted by Gasteiger charge is 2.06. The van der Waals surface area contributed by atoms with Gasteiger partial charge < -0.3 is 5.32 Å². The molecule has 1 heterocycles. The van der Waals surface area contributed by atoms with Crippen molar-refractivity contribution in [3.05, 3.63) is 51.7 Å². The summed E-state index contributed by atoms with van der Waals surface area (Å²) in [5, 5.41) is 4.40. The summed E-state index contributed by atoms with van der Waals surface area (Å²) in [4.78, 5) is 5.49. The van der Waals surface area contributed by atoms with Crippen molar-refractivity contribution in [2.24, 2.45) is 0 Å². The standard InChI is InChI=1S/C13H15FN2S/c1-9-7-16-13(17-9)8-15-10(2)11-4-3-5-12(14)6-11/h3-7,10,15H,8H2,1-2H3. The summed E-state index contributed by atoms with van der Waals surface area (Å²) < 4.78 is 13.1. The summed E-state index contributed by atoms with van der Waals surface area (Å²) in [6.07, 6.45) is 1.87. The number of thiazole rings is 1. The second-order valence-electron chi connectivity index (χ2n) is 4.02. The van der Waals surface area contributed by atoms with Crippen LogP contribution in [0.15, 0.2) is 30.5 Å². The van der Waals surface area contributed by atoms with Crippen LogP contribution < -0.4 is 5.32 Å². The summed E-state index contributed by atoms with van der Waals surface area (Å²) >= 11 is 1.68. The molecule has 1 aromatic carbocycles. The molecule has 0 radical (unpaired) electrons. The number of aryl methyl sites for hydroxylation is 1. The smallest absolute Gasteiger partial charge is 0.123 e. The lowest BCUT2D eigenvalue weighted by Crippen LogP contribution is -2.18. The Hall–Kier alpha value is -1.26. The summed E-state index contributed by atoms with van der Waals surface area (Å²) in [6, 6.07) is 6.80. The maximum Gasteiger partial charge on any atom is 0.123 e. The van der Waals surface area contributed by atoms with Crippen LogP contribution >= 0.6 is 11.3 Å². The number of rotatable bonds is 4. The van der Waals surface area contributed by atoms with E-state index >= 15 is 0 Å². The molecule has 2 aromatic rings. The molecule has 0 amide bonds. The van der Waals surface area contributed by atoms with Gasteiger partial charge in [-0.25, -0.2) is 9.37 Å². The van der Waals surface area contributed by atoms with Gasteiger partial charge >= 0.3 is 0 Å². The van der Waals surface area contributed by atoms with E-state index in [4.69, 9.17) is 0 Å². The quantitative estimate of drug-likeness (QED) is 0.899. The van der Waals surface area contributed by atoms with Crippen molar-refractivity contribution in [3.63, 3.8) is 0 Å². The lowest BCUT2D eigenvalue weighted by molar-refractivity contribution is 0.564. The highest BCUT2D eigenvalue weighted by atomic mass is 32.1.